The topological polar surface area (TPSA) is 50.5 Å². The zero-order valence-electron chi connectivity index (χ0n) is 11.8. The number of nitrogens with one attached hydrogen (secondary N) is 1. The maximum absolute atomic E-state index is 5.55. The Morgan fingerprint density at radius 3 is 2.95 bits per heavy atom. The van der Waals surface area contributed by atoms with Crippen molar-refractivity contribution >= 4 is 11.7 Å². The van der Waals surface area contributed by atoms with Gasteiger partial charge in [0.05, 0.1) is 18.5 Å². The van der Waals surface area contributed by atoms with Crippen LogP contribution >= 0.6 is 0 Å². The van der Waals surface area contributed by atoms with Crippen LogP contribution in [0.4, 0.5) is 11.7 Å². The van der Waals surface area contributed by atoms with E-state index >= 15 is 0 Å². The molecule has 5 nitrogen and oxygen atoms in total. The monoisotopic (exact) mass is 273 g/mol. The van der Waals surface area contributed by atoms with Gasteiger partial charge >= 0.3 is 6.01 Å². The van der Waals surface area contributed by atoms with E-state index in [0.29, 0.717) is 12.1 Å². The van der Waals surface area contributed by atoms with Crippen LogP contribution in [-0.2, 0) is 6.54 Å². The number of benzene rings is 1. The molecule has 1 fully saturated rings. The molecular weight excluding hydrogens is 254 g/mol. The molecule has 20 heavy (non-hydrogen) atoms. The highest BCUT2D eigenvalue weighted by atomic mass is 16.5. The lowest BCUT2D eigenvalue weighted by molar-refractivity contribution is 0.415. The molecule has 0 atom stereocenters. The van der Waals surface area contributed by atoms with Crippen molar-refractivity contribution in [2.45, 2.75) is 25.4 Å². The van der Waals surface area contributed by atoms with Gasteiger partial charge in [-0.15, -0.1) is 0 Å². The van der Waals surface area contributed by atoms with Gasteiger partial charge in [-0.1, -0.05) is 12.1 Å². The second-order valence-electron chi connectivity index (χ2n) is 5.01. The first-order chi connectivity index (χ1) is 9.78. The first-order valence-corrected chi connectivity index (χ1v) is 6.82. The van der Waals surface area contributed by atoms with E-state index in [0.717, 1.165) is 23.7 Å². The van der Waals surface area contributed by atoms with E-state index in [1.54, 1.807) is 13.4 Å². The van der Waals surface area contributed by atoms with Crippen LogP contribution in [0.2, 0.25) is 0 Å². The van der Waals surface area contributed by atoms with Crippen molar-refractivity contribution in [1.29, 1.82) is 0 Å². The van der Waals surface area contributed by atoms with Crippen molar-refractivity contribution in [2.75, 3.05) is 19.1 Å². The van der Waals surface area contributed by atoms with Gasteiger partial charge in [0.25, 0.3) is 0 Å². The van der Waals surface area contributed by atoms with Gasteiger partial charge in [0.15, 0.2) is 0 Å². The second kappa shape index (κ2) is 5.54. The number of para-hydroxylation sites is 2. The third-order valence-electron chi connectivity index (χ3n) is 3.42. The summed E-state index contributed by atoms with van der Waals surface area (Å²) in [4.78, 5) is 6.39. The number of methoxy groups -OCH3 is 1. The molecule has 1 saturated carbocycles. The summed E-state index contributed by atoms with van der Waals surface area (Å²) in [5.74, 6) is 0.797. The van der Waals surface area contributed by atoms with Crippen LogP contribution in [0.25, 0.3) is 0 Å². The maximum Gasteiger partial charge on any atom is 0.301 e. The van der Waals surface area contributed by atoms with Gasteiger partial charge in [0.2, 0.25) is 0 Å². The van der Waals surface area contributed by atoms with Crippen molar-refractivity contribution < 1.29 is 9.15 Å². The molecule has 0 saturated heterocycles. The maximum atomic E-state index is 5.55. The summed E-state index contributed by atoms with van der Waals surface area (Å²) in [6.45, 7) is 0.758. The fourth-order valence-electron chi connectivity index (χ4n) is 2.08. The largest absolute Gasteiger partial charge is 0.495 e. The Kier molecular flexibility index (Phi) is 3.60. The first kappa shape index (κ1) is 13.0. The van der Waals surface area contributed by atoms with E-state index in [1.807, 2.05) is 36.2 Å². The lowest BCUT2D eigenvalue weighted by Gasteiger charge is -2.17. The van der Waals surface area contributed by atoms with E-state index < -0.39 is 0 Å². The number of ether oxygens (including phenoxy) is 1. The molecule has 0 amide bonds. The van der Waals surface area contributed by atoms with Crippen molar-refractivity contribution in [2.24, 2.45) is 0 Å². The van der Waals surface area contributed by atoms with Crippen LogP contribution in [0.15, 0.2) is 34.9 Å². The molecule has 1 aliphatic carbocycles. The van der Waals surface area contributed by atoms with Gasteiger partial charge in [-0.2, -0.15) is 4.98 Å². The molecule has 1 N–H and O–H groups in total. The Morgan fingerprint density at radius 1 is 1.40 bits per heavy atom. The third-order valence-corrected chi connectivity index (χ3v) is 3.42. The van der Waals surface area contributed by atoms with E-state index in [4.69, 9.17) is 9.15 Å². The molecule has 3 rings (SSSR count). The molecule has 106 valence electrons. The summed E-state index contributed by atoms with van der Waals surface area (Å²) in [6, 6.07) is 9.04. The lowest BCUT2D eigenvalue weighted by atomic mass is 10.3. The minimum Gasteiger partial charge on any atom is -0.495 e. The van der Waals surface area contributed by atoms with E-state index in [2.05, 4.69) is 10.3 Å². The lowest BCUT2D eigenvalue weighted by Crippen LogP contribution is -2.16. The Bertz CT molecular complexity index is 578. The first-order valence-electron chi connectivity index (χ1n) is 6.82. The van der Waals surface area contributed by atoms with Gasteiger partial charge in [0.1, 0.15) is 12.0 Å². The minimum atomic E-state index is 0.571. The number of hydrogen-bond donors (Lipinski definition) is 1. The molecule has 1 aromatic carbocycles. The molecule has 0 bridgehead atoms. The average molecular weight is 273 g/mol. The Balaban J connectivity index is 1.73. The SMILES string of the molecule is COc1ccccc1N(C)c1nc(CNC2CC2)co1. The van der Waals surface area contributed by atoms with Crippen LogP contribution in [0.5, 0.6) is 5.75 Å². The molecule has 2 aromatic rings. The smallest absolute Gasteiger partial charge is 0.301 e. The number of rotatable bonds is 6. The summed E-state index contributed by atoms with van der Waals surface area (Å²) in [5, 5.41) is 3.42. The highest BCUT2D eigenvalue weighted by molar-refractivity contribution is 5.63. The summed E-state index contributed by atoms with van der Waals surface area (Å²) >= 11 is 0. The molecule has 0 aliphatic heterocycles. The van der Waals surface area contributed by atoms with Crippen molar-refractivity contribution in [1.82, 2.24) is 10.3 Å². The number of nitrogens with zero attached hydrogens (tertiary/aromatic N) is 2. The summed E-state index contributed by atoms with van der Waals surface area (Å²) in [5.41, 5.74) is 1.85. The molecule has 0 radical (unpaired) electrons. The molecule has 0 spiro atoms. The molecular formula is C15H19N3O2. The van der Waals surface area contributed by atoms with Crippen molar-refractivity contribution in [3.05, 3.63) is 36.2 Å². The Morgan fingerprint density at radius 2 is 2.20 bits per heavy atom. The number of anilines is 2. The Labute approximate surface area is 118 Å². The zero-order valence-corrected chi connectivity index (χ0v) is 11.8. The van der Waals surface area contributed by atoms with E-state index in [9.17, 15) is 0 Å². The summed E-state index contributed by atoms with van der Waals surface area (Å²) < 4.78 is 10.9. The predicted octanol–water partition coefficient (Wildman–Crippen LogP) is 2.70. The second-order valence-corrected chi connectivity index (χ2v) is 5.01. The van der Waals surface area contributed by atoms with E-state index in [-0.39, 0.29) is 0 Å². The fraction of sp³-hybridized carbons (Fsp3) is 0.400. The third kappa shape index (κ3) is 2.77. The highest BCUT2D eigenvalue weighted by Crippen LogP contribution is 2.31. The van der Waals surface area contributed by atoms with Crippen molar-refractivity contribution in [3.63, 3.8) is 0 Å². The number of hydrogen-bond acceptors (Lipinski definition) is 5. The van der Waals surface area contributed by atoms with Crippen LogP contribution in [0, 0.1) is 0 Å². The molecule has 1 aliphatic rings. The average Bonchev–Trinajstić information content (AvgIpc) is 3.21. The van der Waals surface area contributed by atoms with Gasteiger partial charge in [-0.3, -0.25) is 4.90 Å². The van der Waals surface area contributed by atoms with Crippen LogP contribution in [0.1, 0.15) is 18.5 Å². The minimum absolute atomic E-state index is 0.571. The molecule has 0 unspecified atom stereocenters. The van der Waals surface area contributed by atoms with Gasteiger partial charge in [-0.25, -0.2) is 0 Å². The molecule has 5 heteroatoms. The standard InChI is InChI=1S/C15H19N3O2/c1-18(13-5-3-4-6-14(13)19-2)15-17-12(10-20-15)9-16-11-7-8-11/h3-6,10-11,16H,7-9H2,1-2H3. The van der Waals surface area contributed by atoms with E-state index in [1.165, 1.54) is 12.8 Å². The summed E-state index contributed by atoms with van der Waals surface area (Å²) in [6.07, 6.45) is 4.24. The predicted molar refractivity (Wildman–Crippen MR) is 77.4 cm³/mol. The normalized spacial score (nSPS) is 14.3. The van der Waals surface area contributed by atoms with Gasteiger partial charge < -0.3 is 14.5 Å². The van der Waals surface area contributed by atoms with Crippen molar-refractivity contribution in [3.8, 4) is 5.75 Å². The van der Waals surface area contributed by atoms with Gasteiger partial charge in [-0.05, 0) is 25.0 Å². The Hall–Kier alpha value is -2.01. The van der Waals surface area contributed by atoms with Crippen LogP contribution < -0.4 is 15.0 Å². The molecule has 1 heterocycles. The quantitative estimate of drug-likeness (QED) is 0.877. The van der Waals surface area contributed by atoms with Crippen LogP contribution in [-0.4, -0.2) is 25.2 Å². The van der Waals surface area contributed by atoms with Crippen LogP contribution in [0.3, 0.4) is 0 Å². The highest BCUT2D eigenvalue weighted by Gasteiger charge is 2.21. The number of oxazole rings is 1. The summed E-state index contributed by atoms with van der Waals surface area (Å²) in [7, 11) is 3.58. The fourth-order valence-corrected chi connectivity index (χ4v) is 2.08. The molecule has 1 aromatic heterocycles. The zero-order chi connectivity index (χ0) is 13.9. The van der Waals surface area contributed by atoms with Gasteiger partial charge in [0, 0.05) is 19.6 Å². The number of aromatic nitrogens is 1.